The van der Waals surface area contributed by atoms with Crippen molar-refractivity contribution in [3.63, 3.8) is 0 Å². The van der Waals surface area contributed by atoms with Crippen LogP contribution >= 0.6 is 0 Å². The molecule has 1 N–H and O–H groups in total. The summed E-state index contributed by atoms with van der Waals surface area (Å²) in [6.07, 6.45) is 0.680. The average Bonchev–Trinajstić information content (AvgIpc) is 2.75. The molecule has 0 fully saturated rings. The number of nitro benzene ring substituents is 1. The highest BCUT2D eigenvalue weighted by atomic mass is 32.2. The number of nitrogens with zero attached hydrogens (tertiary/aromatic N) is 2. The number of ether oxygens (including phenoxy) is 2. The van der Waals surface area contributed by atoms with Crippen molar-refractivity contribution in [3.05, 3.63) is 58.1 Å². The van der Waals surface area contributed by atoms with Crippen LogP contribution in [0.5, 0.6) is 11.5 Å². The van der Waals surface area contributed by atoms with E-state index >= 15 is 0 Å². The van der Waals surface area contributed by atoms with Crippen molar-refractivity contribution < 1.29 is 27.6 Å². The van der Waals surface area contributed by atoms with Crippen LogP contribution in [0.15, 0.2) is 42.5 Å². The monoisotopic (exact) mass is 463 g/mol. The first-order valence-corrected chi connectivity index (χ1v) is 11.9. The zero-order valence-corrected chi connectivity index (χ0v) is 18.8. The number of rotatable bonds is 8. The van der Waals surface area contributed by atoms with Gasteiger partial charge in [0.05, 0.1) is 23.4 Å². The largest absolute Gasteiger partial charge is 0.486 e. The Morgan fingerprint density at radius 3 is 2.59 bits per heavy atom. The minimum atomic E-state index is -3.93. The summed E-state index contributed by atoms with van der Waals surface area (Å²) >= 11 is 0. The van der Waals surface area contributed by atoms with E-state index in [1.807, 2.05) is 12.1 Å². The van der Waals surface area contributed by atoms with Gasteiger partial charge in [-0.3, -0.25) is 19.2 Å². The second kappa shape index (κ2) is 9.43. The molecule has 10 nitrogen and oxygen atoms in total. The van der Waals surface area contributed by atoms with Gasteiger partial charge >= 0.3 is 0 Å². The van der Waals surface area contributed by atoms with E-state index < -0.39 is 33.0 Å². The molecule has 32 heavy (non-hydrogen) atoms. The van der Waals surface area contributed by atoms with Gasteiger partial charge in [0, 0.05) is 12.1 Å². The maximum absolute atomic E-state index is 13.0. The van der Waals surface area contributed by atoms with Gasteiger partial charge < -0.3 is 14.8 Å². The van der Waals surface area contributed by atoms with Crippen LogP contribution in [0.1, 0.15) is 18.9 Å². The first kappa shape index (κ1) is 23.3. The first-order chi connectivity index (χ1) is 15.1. The molecular weight excluding hydrogens is 438 g/mol. The summed E-state index contributed by atoms with van der Waals surface area (Å²) in [5.41, 5.74) is 0.323. The van der Waals surface area contributed by atoms with E-state index in [0.717, 1.165) is 10.6 Å². The third-order valence-corrected chi connectivity index (χ3v) is 6.21. The topological polar surface area (TPSA) is 128 Å². The number of amides is 1. The fourth-order valence-corrected chi connectivity index (χ4v) is 4.74. The highest BCUT2D eigenvalue weighted by molar-refractivity contribution is 7.92. The molecule has 1 amide bonds. The Labute approximate surface area is 186 Å². The van der Waals surface area contributed by atoms with Crippen molar-refractivity contribution in [2.24, 2.45) is 0 Å². The standard InChI is InChI=1S/C21H25N3O7S/c1-4-17(21(25)22-12-16-13-30-19-7-5-6-8-20(19)31-16)23(32(3,28)29)18-11-15(24(26)27)10-9-14(18)2/h5-11,16-17H,4,12-13H2,1-3H3,(H,22,25)/t16-,17+/m0/s1. The van der Waals surface area contributed by atoms with Gasteiger partial charge in [0.1, 0.15) is 18.8 Å². The van der Waals surface area contributed by atoms with Crippen LogP contribution in [0.2, 0.25) is 0 Å². The number of nitrogens with one attached hydrogen (secondary N) is 1. The van der Waals surface area contributed by atoms with Gasteiger partial charge in [0.2, 0.25) is 15.9 Å². The van der Waals surface area contributed by atoms with E-state index in [1.54, 1.807) is 26.0 Å². The number of benzene rings is 2. The first-order valence-electron chi connectivity index (χ1n) is 10.0. The minimum Gasteiger partial charge on any atom is -0.486 e. The SMILES string of the molecule is CC[C@H](C(=O)NC[C@H]1COc2ccccc2O1)N(c1cc([N+](=O)[O-])ccc1C)S(C)(=O)=O. The molecule has 2 aromatic carbocycles. The van der Waals surface area contributed by atoms with Gasteiger partial charge in [-0.05, 0) is 31.0 Å². The Kier molecular flexibility index (Phi) is 6.87. The number of hydrogen-bond acceptors (Lipinski definition) is 7. The second-order valence-electron chi connectivity index (χ2n) is 7.45. The Bertz CT molecular complexity index is 1120. The number of aryl methyl sites for hydroxylation is 1. The Hall–Kier alpha value is -3.34. The normalized spacial score (nSPS) is 16.2. The van der Waals surface area contributed by atoms with Crippen molar-refractivity contribution in [2.75, 3.05) is 23.7 Å². The summed E-state index contributed by atoms with van der Waals surface area (Å²) in [6.45, 7) is 3.64. The van der Waals surface area contributed by atoms with Gasteiger partial charge in [-0.2, -0.15) is 0 Å². The van der Waals surface area contributed by atoms with Crippen LogP contribution in [-0.4, -0.2) is 50.8 Å². The second-order valence-corrected chi connectivity index (χ2v) is 9.31. The van der Waals surface area contributed by atoms with Crippen LogP contribution in [0.25, 0.3) is 0 Å². The van der Waals surface area contributed by atoms with Crippen LogP contribution in [0, 0.1) is 17.0 Å². The predicted octanol–water partition coefficient (Wildman–Crippen LogP) is 2.40. The molecule has 0 bridgehead atoms. The van der Waals surface area contributed by atoms with Crippen molar-refractivity contribution in [1.29, 1.82) is 0 Å². The number of non-ortho nitro benzene ring substituents is 1. The Morgan fingerprint density at radius 2 is 1.97 bits per heavy atom. The summed E-state index contributed by atoms with van der Waals surface area (Å²) in [5, 5.41) is 13.9. The molecule has 1 heterocycles. The fourth-order valence-electron chi connectivity index (χ4n) is 3.48. The van der Waals surface area contributed by atoms with E-state index in [4.69, 9.17) is 9.47 Å². The number of sulfonamides is 1. The van der Waals surface area contributed by atoms with Crippen molar-refractivity contribution >= 4 is 27.3 Å². The molecule has 2 atom stereocenters. The van der Waals surface area contributed by atoms with Crippen molar-refractivity contribution in [1.82, 2.24) is 5.32 Å². The summed E-state index contributed by atoms with van der Waals surface area (Å²) in [4.78, 5) is 23.6. The number of anilines is 1. The maximum atomic E-state index is 13.0. The van der Waals surface area contributed by atoms with Gasteiger partial charge in [-0.15, -0.1) is 0 Å². The smallest absolute Gasteiger partial charge is 0.271 e. The lowest BCUT2D eigenvalue weighted by molar-refractivity contribution is -0.384. The Balaban J connectivity index is 1.80. The molecule has 0 unspecified atom stereocenters. The van der Waals surface area contributed by atoms with Crippen LogP contribution in [0.3, 0.4) is 0 Å². The van der Waals surface area contributed by atoms with E-state index in [-0.39, 0.29) is 30.9 Å². The molecule has 0 aliphatic carbocycles. The van der Waals surface area contributed by atoms with Crippen LogP contribution in [-0.2, 0) is 14.8 Å². The molecule has 0 spiro atoms. The third kappa shape index (κ3) is 5.10. The average molecular weight is 464 g/mol. The van der Waals surface area contributed by atoms with E-state index in [2.05, 4.69) is 5.32 Å². The molecule has 1 aliphatic rings. The molecule has 3 rings (SSSR count). The van der Waals surface area contributed by atoms with E-state index in [1.165, 1.54) is 18.2 Å². The van der Waals surface area contributed by atoms with Gasteiger partial charge in [-0.1, -0.05) is 25.1 Å². The Morgan fingerprint density at radius 1 is 1.28 bits per heavy atom. The van der Waals surface area contributed by atoms with Crippen LogP contribution in [0.4, 0.5) is 11.4 Å². The summed E-state index contributed by atoms with van der Waals surface area (Å²) in [7, 11) is -3.93. The van der Waals surface area contributed by atoms with Crippen molar-refractivity contribution in [2.45, 2.75) is 32.4 Å². The van der Waals surface area contributed by atoms with E-state index in [0.29, 0.717) is 17.1 Å². The lowest BCUT2D eigenvalue weighted by atomic mass is 10.1. The summed E-state index contributed by atoms with van der Waals surface area (Å²) in [5.74, 6) is 0.646. The zero-order valence-electron chi connectivity index (χ0n) is 18.0. The molecule has 0 radical (unpaired) electrons. The molecule has 11 heteroatoms. The van der Waals surface area contributed by atoms with Gasteiger partial charge in [-0.25, -0.2) is 8.42 Å². The molecular formula is C21H25N3O7S. The molecule has 172 valence electrons. The third-order valence-electron chi connectivity index (χ3n) is 5.04. The number of nitro groups is 1. The molecule has 0 saturated heterocycles. The molecule has 0 aromatic heterocycles. The number of carbonyl (C=O) groups is 1. The fraction of sp³-hybridized carbons (Fsp3) is 0.381. The van der Waals surface area contributed by atoms with Gasteiger partial charge in [0.25, 0.3) is 5.69 Å². The highest BCUT2D eigenvalue weighted by Gasteiger charge is 2.34. The zero-order chi connectivity index (χ0) is 23.5. The lowest BCUT2D eigenvalue weighted by Crippen LogP contribution is -2.51. The minimum absolute atomic E-state index is 0.0925. The highest BCUT2D eigenvalue weighted by Crippen LogP contribution is 2.31. The summed E-state index contributed by atoms with van der Waals surface area (Å²) < 4.78 is 37.7. The van der Waals surface area contributed by atoms with Gasteiger partial charge in [0.15, 0.2) is 11.5 Å². The number of fused-ring (bicyclic) bond motifs is 1. The van der Waals surface area contributed by atoms with Crippen molar-refractivity contribution in [3.8, 4) is 11.5 Å². The molecule has 2 aromatic rings. The maximum Gasteiger partial charge on any atom is 0.271 e. The molecule has 0 saturated carbocycles. The number of carbonyl (C=O) groups excluding carboxylic acids is 1. The number of para-hydroxylation sites is 2. The van der Waals surface area contributed by atoms with E-state index in [9.17, 15) is 23.3 Å². The predicted molar refractivity (Wildman–Crippen MR) is 119 cm³/mol. The lowest BCUT2D eigenvalue weighted by Gasteiger charge is -2.32. The summed E-state index contributed by atoms with van der Waals surface area (Å²) in [6, 6.07) is 9.99. The quantitative estimate of drug-likeness (QED) is 0.470. The number of hydrogen-bond donors (Lipinski definition) is 1. The van der Waals surface area contributed by atoms with Crippen LogP contribution < -0.4 is 19.1 Å². The molecule has 1 aliphatic heterocycles.